The van der Waals surface area contributed by atoms with Crippen LogP contribution in [0.3, 0.4) is 0 Å². The van der Waals surface area contributed by atoms with Crippen molar-refractivity contribution in [3.8, 4) is 0 Å². The lowest BCUT2D eigenvalue weighted by Crippen LogP contribution is -2.29. The Morgan fingerprint density at radius 1 is 1.30 bits per heavy atom. The van der Waals surface area contributed by atoms with Crippen LogP contribution in [0.2, 0.25) is 0 Å². The molecular weight excluding hydrogens is 340 g/mol. The molecule has 0 aromatic carbocycles. The van der Waals surface area contributed by atoms with Gasteiger partial charge in [0.05, 0.1) is 18.3 Å². The zero-order chi connectivity index (χ0) is 19.3. The molecule has 6 nitrogen and oxygen atoms in total. The maximum atomic E-state index is 12.4. The first-order chi connectivity index (χ1) is 12.9. The van der Waals surface area contributed by atoms with E-state index < -0.39 is 0 Å². The van der Waals surface area contributed by atoms with Gasteiger partial charge >= 0.3 is 0 Å². The molecule has 4 rings (SSSR count). The highest BCUT2D eigenvalue weighted by Gasteiger charge is 2.41. The Hall–Kier alpha value is -2.08. The van der Waals surface area contributed by atoms with Crippen LogP contribution >= 0.6 is 0 Å². The largest absolute Gasteiger partial charge is 0.464 e. The fourth-order valence-corrected chi connectivity index (χ4v) is 4.57. The van der Waals surface area contributed by atoms with Crippen LogP contribution in [0.4, 0.5) is 0 Å². The molecule has 2 fully saturated rings. The molecule has 6 heteroatoms. The first kappa shape index (κ1) is 18.3. The summed E-state index contributed by atoms with van der Waals surface area (Å²) in [7, 11) is 3.87. The third kappa shape index (κ3) is 3.31. The Bertz CT molecular complexity index is 852. The highest BCUT2D eigenvalue weighted by Crippen LogP contribution is 2.47. The van der Waals surface area contributed by atoms with E-state index in [-0.39, 0.29) is 17.9 Å². The van der Waals surface area contributed by atoms with E-state index in [4.69, 9.17) is 4.42 Å². The van der Waals surface area contributed by atoms with Gasteiger partial charge < -0.3 is 14.6 Å². The number of aromatic nitrogens is 2. The van der Waals surface area contributed by atoms with Gasteiger partial charge in [0.15, 0.2) is 0 Å². The predicted molar refractivity (Wildman–Crippen MR) is 103 cm³/mol. The summed E-state index contributed by atoms with van der Waals surface area (Å²) in [4.78, 5) is 14.3. The molecule has 1 aliphatic heterocycles. The number of rotatable bonds is 6. The summed E-state index contributed by atoms with van der Waals surface area (Å²) in [6, 6.07) is 4.27. The van der Waals surface area contributed by atoms with Gasteiger partial charge in [-0.05, 0) is 38.3 Å². The van der Waals surface area contributed by atoms with Crippen molar-refractivity contribution >= 4 is 5.91 Å². The molecule has 1 aliphatic carbocycles. The second-order valence-electron chi connectivity index (χ2n) is 8.38. The quantitative estimate of drug-likeness (QED) is 0.849. The van der Waals surface area contributed by atoms with Crippen molar-refractivity contribution in [1.82, 2.24) is 20.0 Å². The van der Waals surface area contributed by atoms with E-state index in [1.165, 1.54) is 12.0 Å². The monoisotopic (exact) mass is 370 g/mol. The Balaban J connectivity index is 1.42. The summed E-state index contributed by atoms with van der Waals surface area (Å²) in [5.41, 5.74) is 3.35. The topological polar surface area (TPSA) is 63.3 Å². The summed E-state index contributed by atoms with van der Waals surface area (Å²) in [6.45, 7) is 7.87. The zero-order valence-corrected chi connectivity index (χ0v) is 17.0. The van der Waals surface area contributed by atoms with Gasteiger partial charge in [-0.3, -0.25) is 9.48 Å². The molecule has 2 aliphatic rings. The number of furan rings is 1. The molecule has 1 saturated heterocycles. The summed E-state index contributed by atoms with van der Waals surface area (Å²) < 4.78 is 7.90. The molecule has 0 unspecified atom stereocenters. The number of hydrogen-bond donors (Lipinski definition) is 1. The number of nitrogens with one attached hydrogen (secondary N) is 1. The van der Waals surface area contributed by atoms with Crippen molar-refractivity contribution < 1.29 is 9.21 Å². The lowest BCUT2D eigenvalue weighted by atomic mass is 9.92. The SMILES string of the molecule is Cc1nn(C)c(C)c1[C@H]1[C@H](CNCc2ccc([C@@H]3C[C@H]3C)o2)CC(=O)N1C. The number of carbonyl (C=O) groups is 1. The van der Waals surface area contributed by atoms with E-state index in [2.05, 4.69) is 36.4 Å². The molecule has 1 amide bonds. The van der Waals surface area contributed by atoms with Crippen LogP contribution in [0.25, 0.3) is 0 Å². The fraction of sp³-hybridized carbons (Fsp3) is 0.619. The van der Waals surface area contributed by atoms with Gasteiger partial charge in [0.25, 0.3) is 0 Å². The van der Waals surface area contributed by atoms with Gasteiger partial charge in [-0.25, -0.2) is 0 Å². The van der Waals surface area contributed by atoms with Gasteiger partial charge in [-0.15, -0.1) is 0 Å². The standard InChI is InChI=1S/C21H30N4O2/c1-12-8-17(12)18-7-6-16(27-18)11-22-10-15-9-19(26)24(4)21(15)20-13(2)23-25(5)14(20)3/h6-7,12,15,17,21-22H,8-11H2,1-5H3/t12-,15+,17-,21-/m1/s1. The molecule has 2 aromatic rings. The van der Waals surface area contributed by atoms with Crippen molar-refractivity contribution in [2.24, 2.45) is 18.9 Å². The van der Waals surface area contributed by atoms with E-state index in [1.807, 2.05) is 30.6 Å². The van der Waals surface area contributed by atoms with Gasteiger partial charge in [0, 0.05) is 50.2 Å². The maximum Gasteiger partial charge on any atom is 0.223 e. The van der Waals surface area contributed by atoms with Crippen LogP contribution in [0.5, 0.6) is 0 Å². The smallest absolute Gasteiger partial charge is 0.223 e. The summed E-state index contributed by atoms with van der Waals surface area (Å²) in [6.07, 6.45) is 1.81. The number of amides is 1. The second-order valence-corrected chi connectivity index (χ2v) is 8.38. The highest BCUT2D eigenvalue weighted by molar-refractivity contribution is 5.79. The second kappa shape index (κ2) is 6.82. The summed E-state index contributed by atoms with van der Waals surface area (Å²) >= 11 is 0. The minimum atomic E-state index is 0.0816. The molecular formula is C21H30N4O2. The van der Waals surface area contributed by atoms with E-state index in [9.17, 15) is 4.79 Å². The Morgan fingerprint density at radius 2 is 2.04 bits per heavy atom. The minimum absolute atomic E-state index is 0.0816. The number of likely N-dealkylation sites (tertiary alicyclic amines) is 1. The predicted octanol–water partition coefficient (Wildman–Crippen LogP) is 3.06. The van der Waals surface area contributed by atoms with Crippen molar-refractivity contribution in [3.05, 3.63) is 40.6 Å². The third-order valence-corrected chi connectivity index (χ3v) is 6.42. The first-order valence-corrected chi connectivity index (χ1v) is 9.92. The van der Waals surface area contributed by atoms with Gasteiger partial charge in [-0.2, -0.15) is 5.10 Å². The Morgan fingerprint density at radius 3 is 2.67 bits per heavy atom. The minimum Gasteiger partial charge on any atom is -0.464 e. The number of aryl methyl sites for hydroxylation is 2. The molecule has 0 radical (unpaired) electrons. The first-order valence-electron chi connectivity index (χ1n) is 9.92. The van der Waals surface area contributed by atoms with Crippen LogP contribution in [-0.4, -0.2) is 34.2 Å². The molecule has 0 bridgehead atoms. The molecule has 1 N–H and O–H groups in total. The molecule has 3 heterocycles. The number of hydrogen-bond acceptors (Lipinski definition) is 4. The molecule has 2 aromatic heterocycles. The van der Waals surface area contributed by atoms with Crippen LogP contribution in [0.1, 0.15) is 60.2 Å². The van der Waals surface area contributed by atoms with Gasteiger partial charge in [0.2, 0.25) is 5.91 Å². The Labute approximate surface area is 160 Å². The lowest BCUT2D eigenvalue weighted by Gasteiger charge is -2.26. The van der Waals surface area contributed by atoms with Crippen LogP contribution in [0, 0.1) is 25.7 Å². The Kier molecular flexibility index (Phi) is 4.62. The highest BCUT2D eigenvalue weighted by atomic mass is 16.3. The molecule has 146 valence electrons. The molecule has 1 saturated carbocycles. The molecule has 27 heavy (non-hydrogen) atoms. The van der Waals surface area contributed by atoms with Crippen molar-refractivity contribution in [2.75, 3.05) is 13.6 Å². The summed E-state index contributed by atoms with van der Waals surface area (Å²) in [5.74, 6) is 3.91. The van der Waals surface area contributed by atoms with Crippen LogP contribution in [0.15, 0.2) is 16.5 Å². The van der Waals surface area contributed by atoms with E-state index in [0.717, 1.165) is 35.4 Å². The molecule has 0 spiro atoms. The van der Waals surface area contributed by atoms with Crippen LogP contribution < -0.4 is 5.32 Å². The maximum absolute atomic E-state index is 12.4. The fourth-order valence-electron chi connectivity index (χ4n) is 4.57. The van der Waals surface area contributed by atoms with Gasteiger partial charge in [-0.1, -0.05) is 6.92 Å². The number of carbonyl (C=O) groups excluding carboxylic acids is 1. The average Bonchev–Trinajstić information content (AvgIpc) is 2.94. The van der Waals surface area contributed by atoms with Crippen LogP contribution in [-0.2, 0) is 18.4 Å². The van der Waals surface area contributed by atoms with E-state index in [1.54, 1.807) is 0 Å². The van der Waals surface area contributed by atoms with E-state index >= 15 is 0 Å². The summed E-state index contributed by atoms with van der Waals surface area (Å²) in [5, 5.41) is 8.07. The average molecular weight is 370 g/mol. The normalized spacial score (nSPS) is 27.6. The van der Waals surface area contributed by atoms with Crippen molar-refractivity contribution in [2.45, 2.75) is 52.1 Å². The van der Waals surface area contributed by atoms with Crippen molar-refractivity contribution in [3.63, 3.8) is 0 Å². The lowest BCUT2D eigenvalue weighted by molar-refractivity contribution is -0.127. The zero-order valence-electron chi connectivity index (χ0n) is 17.0. The van der Waals surface area contributed by atoms with E-state index in [0.29, 0.717) is 18.9 Å². The third-order valence-electron chi connectivity index (χ3n) is 6.42. The molecule has 4 atom stereocenters. The van der Waals surface area contributed by atoms with Crippen molar-refractivity contribution in [1.29, 1.82) is 0 Å². The number of nitrogens with zero attached hydrogens (tertiary/aromatic N) is 3. The van der Waals surface area contributed by atoms with Gasteiger partial charge in [0.1, 0.15) is 11.5 Å².